The Kier molecular flexibility index (Phi) is 5.89. The first kappa shape index (κ1) is 19.9. The lowest BCUT2D eigenvalue weighted by Gasteiger charge is -2.40. The zero-order chi connectivity index (χ0) is 19.6. The Morgan fingerprint density at radius 3 is 2.44 bits per heavy atom. The van der Waals surface area contributed by atoms with Gasteiger partial charge in [0.2, 0.25) is 10.0 Å². The topological polar surface area (TPSA) is 49.9 Å². The molecule has 0 amide bonds. The molecule has 0 radical (unpaired) electrons. The molecule has 0 N–H and O–H groups in total. The fraction of sp³-hybridized carbons (Fsp3) is 0.429. The summed E-state index contributed by atoms with van der Waals surface area (Å²) in [6.07, 6.45) is 0. The lowest BCUT2D eigenvalue weighted by Crippen LogP contribution is -2.50. The Morgan fingerprint density at radius 2 is 1.81 bits per heavy atom. The van der Waals surface area contributed by atoms with Gasteiger partial charge in [0.1, 0.15) is 10.6 Å². The van der Waals surface area contributed by atoms with Crippen LogP contribution in [0.5, 0.6) is 5.75 Å². The zero-order valence-electron chi connectivity index (χ0n) is 16.5. The number of benzene rings is 2. The van der Waals surface area contributed by atoms with Gasteiger partial charge in [-0.3, -0.25) is 4.90 Å². The third kappa shape index (κ3) is 3.61. The summed E-state index contributed by atoms with van der Waals surface area (Å²) in [5, 5.41) is 0. The first-order valence-corrected chi connectivity index (χ1v) is 11.0. The van der Waals surface area contributed by atoms with Gasteiger partial charge in [-0.2, -0.15) is 4.31 Å². The Morgan fingerprint density at radius 1 is 1.11 bits per heavy atom. The van der Waals surface area contributed by atoms with E-state index in [0.717, 1.165) is 29.8 Å². The van der Waals surface area contributed by atoms with Crippen LogP contribution in [0.15, 0.2) is 47.4 Å². The molecular weight excluding hydrogens is 360 g/mol. The predicted molar refractivity (Wildman–Crippen MR) is 109 cm³/mol. The highest BCUT2D eigenvalue weighted by atomic mass is 32.2. The summed E-state index contributed by atoms with van der Waals surface area (Å²) in [4.78, 5) is 2.64. The van der Waals surface area contributed by atoms with Crippen molar-refractivity contribution in [3.63, 3.8) is 0 Å². The summed E-state index contributed by atoms with van der Waals surface area (Å²) in [5.74, 6) is 0.490. The molecule has 0 aromatic heterocycles. The summed E-state index contributed by atoms with van der Waals surface area (Å²) in [6.45, 7) is 8.71. The smallest absolute Gasteiger partial charge is 0.246 e. The number of nitrogens with zero attached hydrogens (tertiary/aromatic N) is 2. The van der Waals surface area contributed by atoms with Gasteiger partial charge in [-0.15, -0.1) is 0 Å². The quantitative estimate of drug-likeness (QED) is 0.668. The van der Waals surface area contributed by atoms with Crippen LogP contribution in [0.3, 0.4) is 0 Å². The van der Waals surface area contributed by atoms with Crippen molar-refractivity contribution >= 4 is 10.0 Å². The van der Waals surface area contributed by atoms with E-state index in [0.29, 0.717) is 23.7 Å². The number of rotatable bonds is 5. The van der Waals surface area contributed by atoms with E-state index in [-0.39, 0.29) is 6.04 Å². The van der Waals surface area contributed by atoms with Crippen molar-refractivity contribution < 1.29 is 13.2 Å². The second-order valence-electron chi connectivity index (χ2n) is 6.47. The normalized spacial score (nSPS) is 19.2. The number of piperazine rings is 1. The van der Waals surface area contributed by atoms with Crippen LogP contribution in [0.1, 0.15) is 32.4 Å². The molecule has 1 aliphatic heterocycles. The molecule has 5 nitrogen and oxygen atoms in total. The van der Waals surface area contributed by atoms with Crippen LogP contribution in [-0.2, 0) is 10.0 Å². The van der Waals surface area contributed by atoms with Crippen molar-refractivity contribution in [2.45, 2.75) is 31.7 Å². The molecule has 1 heterocycles. The number of methoxy groups -OCH3 is 1. The first-order valence-electron chi connectivity index (χ1n) is 9.57. The predicted octanol–water partition coefficient (Wildman–Crippen LogP) is 3.77. The van der Waals surface area contributed by atoms with Gasteiger partial charge in [0, 0.05) is 31.2 Å². The van der Waals surface area contributed by atoms with E-state index < -0.39 is 10.0 Å². The lowest BCUT2D eigenvalue weighted by atomic mass is 10.0. The lowest BCUT2D eigenvalue weighted by molar-refractivity contribution is 0.124. The number of likely N-dealkylation sites (N-methyl/N-ethyl adjacent to an activating group) is 1. The average Bonchev–Trinajstić information content (AvgIpc) is 3.39. The molecule has 1 atom stereocenters. The largest absolute Gasteiger partial charge is 0.495 e. The highest BCUT2D eigenvalue weighted by molar-refractivity contribution is 7.89. The summed E-state index contributed by atoms with van der Waals surface area (Å²) in [7, 11) is -2.02. The minimum Gasteiger partial charge on any atom is -0.495 e. The van der Waals surface area contributed by atoms with Gasteiger partial charge >= 0.3 is 0 Å². The number of sulfonamides is 1. The van der Waals surface area contributed by atoms with E-state index >= 15 is 0 Å². The van der Waals surface area contributed by atoms with E-state index in [1.807, 2.05) is 38.1 Å². The van der Waals surface area contributed by atoms with E-state index in [1.54, 1.807) is 10.4 Å². The summed E-state index contributed by atoms with van der Waals surface area (Å²) >= 11 is 0. The molecule has 6 heteroatoms. The van der Waals surface area contributed by atoms with Crippen LogP contribution in [0.2, 0.25) is 0 Å². The number of ether oxygens (including phenoxy) is 1. The Balaban J connectivity index is 0.00000102. The van der Waals surface area contributed by atoms with E-state index in [1.165, 1.54) is 7.11 Å². The van der Waals surface area contributed by atoms with Gasteiger partial charge in [0.25, 0.3) is 0 Å². The maximum Gasteiger partial charge on any atom is 0.246 e. The molecule has 27 heavy (non-hydrogen) atoms. The Bertz CT molecular complexity index is 897. The minimum atomic E-state index is -3.55. The maximum atomic E-state index is 13.2. The summed E-state index contributed by atoms with van der Waals surface area (Å²) < 4.78 is 33.3. The summed E-state index contributed by atoms with van der Waals surface area (Å²) in [5.41, 5.74) is 3.05. The van der Waals surface area contributed by atoms with Gasteiger partial charge in [0.15, 0.2) is 0 Å². The second-order valence-corrected chi connectivity index (χ2v) is 8.38. The van der Waals surface area contributed by atoms with Crippen molar-refractivity contribution in [2.75, 3.05) is 33.3 Å². The summed E-state index contributed by atoms with van der Waals surface area (Å²) in [6, 6.07) is 13.9. The molecule has 0 bridgehead atoms. The Labute approximate surface area is 162 Å². The molecule has 1 aromatic rings. The number of hydrogen-bond acceptors (Lipinski definition) is 4. The third-order valence-electron chi connectivity index (χ3n) is 5.15. The van der Waals surface area contributed by atoms with E-state index in [2.05, 4.69) is 24.0 Å². The van der Waals surface area contributed by atoms with Gasteiger partial charge in [-0.1, -0.05) is 51.1 Å². The van der Waals surface area contributed by atoms with Crippen LogP contribution in [0.25, 0.3) is 11.1 Å². The fourth-order valence-electron chi connectivity index (χ4n) is 3.70. The molecular formula is C21H28N2O3S. The zero-order valence-corrected chi connectivity index (χ0v) is 17.3. The fourth-order valence-corrected chi connectivity index (χ4v) is 5.34. The molecule has 4 rings (SSSR count). The second kappa shape index (κ2) is 8.00. The van der Waals surface area contributed by atoms with Crippen LogP contribution in [0, 0.1) is 0 Å². The van der Waals surface area contributed by atoms with Gasteiger partial charge in [-0.05, 0) is 29.8 Å². The highest BCUT2D eigenvalue weighted by Gasteiger charge is 2.38. The number of hydrogen-bond donors (Lipinski definition) is 0. The van der Waals surface area contributed by atoms with Gasteiger partial charge in [0.05, 0.1) is 7.11 Å². The van der Waals surface area contributed by atoms with Crippen LogP contribution in [-0.4, -0.2) is 50.9 Å². The Hall–Kier alpha value is -1.89. The SMILES string of the molecule is CC.CCN1CCN(S(=O)(=O)c2cc3cc-3c2OC)CC1c1ccccc1. The van der Waals surface area contributed by atoms with Crippen LogP contribution in [0.4, 0.5) is 0 Å². The molecule has 146 valence electrons. The van der Waals surface area contributed by atoms with E-state index in [4.69, 9.17) is 4.74 Å². The molecule has 0 spiro atoms. The molecule has 1 aromatic carbocycles. The standard InChI is InChI=1S/C19H22N2O3S.C2H6/c1-3-20-9-10-21(13-17(20)14-7-5-4-6-8-14)25(22,23)18-12-15-11-16(15)19(18)24-2;1-2/h4-8,11-12,17H,3,9-10,13H2,1-2H3;1-2H3. The van der Waals surface area contributed by atoms with Crippen LogP contribution >= 0.6 is 0 Å². The van der Waals surface area contributed by atoms with Crippen molar-refractivity contribution in [3.8, 4) is 16.9 Å². The van der Waals surface area contributed by atoms with Crippen molar-refractivity contribution in [2.24, 2.45) is 0 Å². The van der Waals surface area contributed by atoms with Crippen molar-refractivity contribution in [1.82, 2.24) is 9.21 Å². The first-order chi connectivity index (χ1) is 13.1. The molecule has 1 fully saturated rings. The molecule has 1 unspecified atom stereocenters. The number of fused-ring (bicyclic) bond motifs is 1. The monoisotopic (exact) mass is 388 g/mol. The average molecular weight is 389 g/mol. The molecule has 2 aliphatic carbocycles. The maximum absolute atomic E-state index is 13.2. The van der Waals surface area contributed by atoms with Gasteiger partial charge in [-0.25, -0.2) is 8.42 Å². The minimum absolute atomic E-state index is 0.0733. The molecule has 3 aliphatic rings. The van der Waals surface area contributed by atoms with Crippen LogP contribution < -0.4 is 4.74 Å². The van der Waals surface area contributed by atoms with Crippen molar-refractivity contribution in [1.29, 1.82) is 0 Å². The molecule has 1 saturated heterocycles. The molecule has 0 saturated carbocycles. The third-order valence-corrected chi connectivity index (χ3v) is 7.02. The van der Waals surface area contributed by atoms with E-state index in [9.17, 15) is 8.42 Å². The highest BCUT2D eigenvalue weighted by Crippen LogP contribution is 2.49. The van der Waals surface area contributed by atoms with Crippen molar-refractivity contribution in [3.05, 3.63) is 48.0 Å². The van der Waals surface area contributed by atoms with Gasteiger partial charge < -0.3 is 4.74 Å².